The van der Waals surface area contributed by atoms with Crippen LogP contribution in [-0.2, 0) is 14.3 Å². The van der Waals surface area contributed by atoms with Gasteiger partial charge in [0.2, 0.25) is 0 Å². The number of carbonyl (C=O) groups is 2. The molecule has 0 heterocycles. The molecular weight excluding hydrogens is 382 g/mol. The number of carbonyl (C=O) groups excluding carboxylic acids is 2. The normalized spacial score (nSPS) is 11.8. The zero-order valence-corrected chi connectivity index (χ0v) is 17.5. The molecular formula is C23H25N3O4. The van der Waals surface area contributed by atoms with Crippen molar-refractivity contribution in [2.45, 2.75) is 20.0 Å². The number of rotatable bonds is 8. The molecule has 7 nitrogen and oxygen atoms in total. The van der Waals surface area contributed by atoms with E-state index >= 15 is 0 Å². The van der Waals surface area contributed by atoms with Crippen LogP contribution in [0.25, 0.3) is 6.08 Å². The summed E-state index contributed by atoms with van der Waals surface area (Å²) in [7, 11) is 3.84. The van der Waals surface area contributed by atoms with Crippen LogP contribution in [0, 0.1) is 11.3 Å². The van der Waals surface area contributed by atoms with E-state index < -0.39 is 18.0 Å². The lowest BCUT2D eigenvalue weighted by molar-refractivity contribution is -0.148. The largest absolute Gasteiger partial charge is 0.492 e. The second-order valence-corrected chi connectivity index (χ2v) is 6.62. The Labute approximate surface area is 176 Å². The second-order valence-electron chi connectivity index (χ2n) is 6.62. The summed E-state index contributed by atoms with van der Waals surface area (Å²) >= 11 is 0. The monoisotopic (exact) mass is 407 g/mol. The van der Waals surface area contributed by atoms with Crippen LogP contribution in [0.2, 0.25) is 0 Å². The van der Waals surface area contributed by atoms with E-state index in [-0.39, 0.29) is 5.57 Å². The Morgan fingerprint density at radius 3 is 2.43 bits per heavy atom. The van der Waals surface area contributed by atoms with Crippen molar-refractivity contribution in [2.75, 3.05) is 30.9 Å². The molecule has 2 rings (SSSR count). The Bertz CT molecular complexity index is 959. The first-order valence-corrected chi connectivity index (χ1v) is 9.48. The average Bonchev–Trinajstić information content (AvgIpc) is 2.73. The van der Waals surface area contributed by atoms with E-state index in [2.05, 4.69) is 5.32 Å². The summed E-state index contributed by atoms with van der Waals surface area (Å²) in [4.78, 5) is 26.7. The summed E-state index contributed by atoms with van der Waals surface area (Å²) in [5.41, 5.74) is 1.95. The molecule has 0 aliphatic heterocycles. The number of nitrogens with zero attached hydrogens (tertiary/aromatic N) is 2. The standard InChI is InChI=1S/C23H25N3O4/c1-5-29-21-9-7-6-8-20(21)25-22(27)16(2)30-23(28)18(15-24)14-17-10-12-19(13-11-17)26(3)4/h6-14,16H,5H2,1-4H3,(H,25,27)/b18-14+/t16-/m1/s1. The van der Waals surface area contributed by atoms with Gasteiger partial charge in [-0.1, -0.05) is 24.3 Å². The molecule has 0 spiro atoms. The fourth-order valence-corrected chi connectivity index (χ4v) is 2.54. The maximum absolute atomic E-state index is 12.4. The third-order valence-electron chi connectivity index (χ3n) is 4.16. The number of hydrogen-bond acceptors (Lipinski definition) is 6. The van der Waals surface area contributed by atoms with Crippen molar-refractivity contribution in [3.8, 4) is 11.8 Å². The van der Waals surface area contributed by atoms with Gasteiger partial charge in [-0.3, -0.25) is 4.79 Å². The highest BCUT2D eigenvalue weighted by atomic mass is 16.5. The minimum absolute atomic E-state index is 0.193. The predicted octanol–water partition coefficient (Wildman–Crippen LogP) is 3.63. The van der Waals surface area contributed by atoms with Gasteiger partial charge in [0.1, 0.15) is 17.4 Å². The van der Waals surface area contributed by atoms with Crippen LogP contribution in [-0.4, -0.2) is 38.7 Å². The molecule has 0 radical (unpaired) electrons. The summed E-state index contributed by atoms with van der Waals surface area (Å²) in [6.45, 7) is 3.73. The molecule has 2 aromatic carbocycles. The molecule has 30 heavy (non-hydrogen) atoms. The minimum Gasteiger partial charge on any atom is -0.492 e. The first-order chi connectivity index (χ1) is 14.3. The minimum atomic E-state index is -1.10. The van der Waals surface area contributed by atoms with Gasteiger partial charge >= 0.3 is 5.97 Å². The summed E-state index contributed by atoms with van der Waals surface area (Å²) in [5.74, 6) is -0.872. The van der Waals surface area contributed by atoms with Crippen molar-refractivity contribution < 1.29 is 19.1 Å². The Hall–Kier alpha value is -3.79. The maximum Gasteiger partial charge on any atom is 0.349 e. The molecule has 156 valence electrons. The molecule has 0 aliphatic rings. The summed E-state index contributed by atoms with van der Waals surface area (Å²) < 4.78 is 10.6. The number of amides is 1. The Morgan fingerprint density at radius 1 is 1.17 bits per heavy atom. The highest BCUT2D eigenvalue weighted by Crippen LogP contribution is 2.24. The third-order valence-corrected chi connectivity index (χ3v) is 4.16. The number of esters is 1. The average molecular weight is 407 g/mol. The number of nitriles is 1. The van der Waals surface area contributed by atoms with E-state index in [1.54, 1.807) is 36.4 Å². The van der Waals surface area contributed by atoms with Crippen molar-refractivity contribution >= 4 is 29.3 Å². The van der Waals surface area contributed by atoms with Gasteiger partial charge in [0.05, 0.1) is 12.3 Å². The van der Waals surface area contributed by atoms with Crippen LogP contribution < -0.4 is 15.0 Å². The lowest BCUT2D eigenvalue weighted by atomic mass is 10.1. The van der Waals surface area contributed by atoms with E-state index in [0.29, 0.717) is 23.6 Å². The topological polar surface area (TPSA) is 91.7 Å². The van der Waals surface area contributed by atoms with Gasteiger partial charge < -0.3 is 19.7 Å². The molecule has 0 saturated heterocycles. The number of para-hydroxylation sites is 2. The van der Waals surface area contributed by atoms with Crippen LogP contribution in [0.4, 0.5) is 11.4 Å². The van der Waals surface area contributed by atoms with Gasteiger partial charge in [0, 0.05) is 19.8 Å². The van der Waals surface area contributed by atoms with E-state index in [4.69, 9.17) is 9.47 Å². The smallest absolute Gasteiger partial charge is 0.349 e. The van der Waals surface area contributed by atoms with Crippen LogP contribution in [0.15, 0.2) is 54.1 Å². The number of hydrogen-bond donors (Lipinski definition) is 1. The van der Waals surface area contributed by atoms with Crippen LogP contribution in [0.1, 0.15) is 19.4 Å². The Kier molecular flexibility index (Phi) is 8.00. The maximum atomic E-state index is 12.4. The van der Waals surface area contributed by atoms with E-state index in [1.165, 1.54) is 13.0 Å². The first-order valence-electron chi connectivity index (χ1n) is 9.48. The van der Waals surface area contributed by atoms with Gasteiger partial charge in [-0.2, -0.15) is 5.26 Å². The van der Waals surface area contributed by atoms with E-state index in [0.717, 1.165) is 5.69 Å². The Balaban J connectivity index is 2.05. The zero-order valence-electron chi connectivity index (χ0n) is 17.5. The molecule has 0 bridgehead atoms. The molecule has 2 aromatic rings. The fourth-order valence-electron chi connectivity index (χ4n) is 2.54. The molecule has 1 amide bonds. The van der Waals surface area contributed by atoms with E-state index in [1.807, 2.05) is 44.1 Å². The van der Waals surface area contributed by atoms with Crippen molar-refractivity contribution in [1.29, 1.82) is 5.26 Å². The highest BCUT2D eigenvalue weighted by Gasteiger charge is 2.21. The third kappa shape index (κ3) is 6.11. The van der Waals surface area contributed by atoms with Crippen LogP contribution in [0.5, 0.6) is 5.75 Å². The van der Waals surface area contributed by atoms with Gasteiger partial charge in [-0.25, -0.2) is 4.79 Å². The quantitative estimate of drug-likeness (QED) is 0.408. The lowest BCUT2D eigenvalue weighted by Crippen LogP contribution is -2.30. The van der Waals surface area contributed by atoms with Crippen molar-refractivity contribution in [3.63, 3.8) is 0 Å². The number of benzene rings is 2. The van der Waals surface area contributed by atoms with Gasteiger partial charge in [0.25, 0.3) is 5.91 Å². The number of anilines is 2. The van der Waals surface area contributed by atoms with Crippen LogP contribution >= 0.6 is 0 Å². The van der Waals surface area contributed by atoms with E-state index in [9.17, 15) is 14.9 Å². The fraction of sp³-hybridized carbons (Fsp3) is 0.261. The molecule has 0 unspecified atom stereocenters. The summed E-state index contributed by atoms with van der Waals surface area (Å²) in [5, 5.41) is 12.0. The van der Waals surface area contributed by atoms with Crippen LogP contribution in [0.3, 0.4) is 0 Å². The molecule has 1 atom stereocenters. The molecule has 0 aromatic heterocycles. The van der Waals surface area contributed by atoms with Crippen molar-refractivity contribution in [2.24, 2.45) is 0 Å². The molecule has 1 N–H and O–H groups in total. The number of nitrogens with one attached hydrogen (secondary N) is 1. The lowest BCUT2D eigenvalue weighted by Gasteiger charge is -2.15. The van der Waals surface area contributed by atoms with Crippen molar-refractivity contribution in [3.05, 3.63) is 59.7 Å². The molecule has 0 fully saturated rings. The van der Waals surface area contributed by atoms with Gasteiger partial charge in [-0.05, 0) is 49.8 Å². The second kappa shape index (κ2) is 10.7. The Morgan fingerprint density at radius 2 is 1.83 bits per heavy atom. The highest BCUT2D eigenvalue weighted by molar-refractivity contribution is 6.01. The summed E-state index contributed by atoms with van der Waals surface area (Å²) in [6, 6.07) is 16.1. The van der Waals surface area contributed by atoms with Crippen molar-refractivity contribution in [1.82, 2.24) is 0 Å². The molecule has 7 heteroatoms. The predicted molar refractivity (Wildman–Crippen MR) is 116 cm³/mol. The van der Waals surface area contributed by atoms with Gasteiger partial charge in [0.15, 0.2) is 6.10 Å². The van der Waals surface area contributed by atoms with Gasteiger partial charge in [-0.15, -0.1) is 0 Å². The summed E-state index contributed by atoms with van der Waals surface area (Å²) in [6.07, 6.45) is 0.330. The molecule has 0 saturated carbocycles. The SMILES string of the molecule is CCOc1ccccc1NC(=O)[C@@H](C)OC(=O)/C(C#N)=C/c1ccc(N(C)C)cc1. The number of ether oxygens (including phenoxy) is 2. The zero-order chi connectivity index (χ0) is 22.1. The first kappa shape index (κ1) is 22.5. The molecule has 0 aliphatic carbocycles.